The van der Waals surface area contributed by atoms with Crippen LogP contribution in [0.4, 0.5) is 11.4 Å². The fraction of sp³-hybridized carbons (Fsp3) is 0.0952. The summed E-state index contributed by atoms with van der Waals surface area (Å²) < 4.78 is 5.63. The first kappa shape index (κ1) is 19.0. The number of nitrogens with one attached hydrogen (secondary N) is 1. The summed E-state index contributed by atoms with van der Waals surface area (Å²) in [5.74, 6) is -0.00423. The van der Waals surface area contributed by atoms with Crippen LogP contribution in [-0.4, -0.2) is 22.8 Å². The zero-order valence-corrected chi connectivity index (χ0v) is 14.4. The number of hydrogen-bond donors (Lipinski definition) is 3. The molecular weight excluding hydrogens is 330 g/mol. The van der Waals surface area contributed by atoms with Crippen molar-refractivity contribution in [3.8, 4) is 11.5 Å². The highest BCUT2D eigenvalue weighted by Gasteiger charge is 2.21. The van der Waals surface area contributed by atoms with Gasteiger partial charge in [-0.15, -0.1) is 0 Å². The lowest BCUT2D eigenvalue weighted by Gasteiger charge is -2.22. The molecule has 4 rings (SSSR count). The van der Waals surface area contributed by atoms with Gasteiger partial charge in [-0.25, -0.2) is 4.79 Å². The highest BCUT2D eigenvalue weighted by atomic mass is 16.5. The summed E-state index contributed by atoms with van der Waals surface area (Å²) in [7, 11) is 0. The van der Waals surface area contributed by atoms with E-state index in [0.717, 1.165) is 5.69 Å². The number of anilines is 2. The quantitative estimate of drug-likeness (QED) is 0.454. The third-order valence-corrected chi connectivity index (χ3v) is 3.28. The zero-order chi connectivity index (χ0) is 18.8. The van der Waals surface area contributed by atoms with Crippen molar-refractivity contribution in [3.05, 3.63) is 84.4 Å². The number of aromatic carboxylic acids is 1. The molecule has 0 atom stereocenters. The number of aliphatic hydroxyl groups is 1. The summed E-state index contributed by atoms with van der Waals surface area (Å²) in [5.41, 5.74) is 1.66. The average molecular weight is 351 g/mol. The van der Waals surface area contributed by atoms with Crippen molar-refractivity contribution in [2.75, 3.05) is 11.9 Å². The standard InChI is InChI=1S/C13H9NO3.C6H6.C2H6O/c15-13(16)8-4-3-6-10-12(8)17-11-7-2-1-5-9(11)14-10;1-2-4-6-5-3-1;1-2-3/h1-7,14H,(H,15,16);1-6H;3H,2H2,1H3. The van der Waals surface area contributed by atoms with E-state index in [1.165, 1.54) is 6.07 Å². The largest absolute Gasteiger partial charge is 0.478 e. The molecule has 0 bridgehead atoms. The van der Waals surface area contributed by atoms with Crippen LogP contribution in [-0.2, 0) is 0 Å². The molecule has 5 heteroatoms. The van der Waals surface area contributed by atoms with Crippen LogP contribution in [0.3, 0.4) is 0 Å². The van der Waals surface area contributed by atoms with Crippen molar-refractivity contribution in [1.82, 2.24) is 0 Å². The maximum atomic E-state index is 11.1. The molecule has 3 aromatic carbocycles. The molecule has 0 aromatic heterocycles. The minimum Gasteiger partial charge on any atom is -0.478 e. The Balaban J connectivity index is 0.000000225. The van der Waals surface area contributed by atoms with E-state index in [9.17, 15) is 4.79 Å². The van der Waals surface area contributed by atoms with Crippen LogP contribution in [0.15, 0.2) is 78.9 Å². The van der Waals surface area contributed by atoms with E-state index in [2.05, 4.69) is 5.32 Å². The summed E-state index contributed by atoms with van der Waals surface area (Å²) in [6, 6.07) is 24.4. The predicted molar refractivity (Wildman–Crippen MR) is 102 cm³/mol. The van der Waals surface area contributed by atoms with Crippen LogP contribution in [0.1, 0.15) is 17.3 Å². The van der Waals surface area contributed by atoms with Crippen LogP contribution in [0.2, 0.25) is 0 Å². The third kappa shape index (κ3) is 5.09. The number of fused-ring (bicyclic) bond motifs is 2. The molecule has 134 valence electrons. The number of ether oxygens (including phenoxy) is 1. The van der Waals surface area contributed by atoms with E-state index in [0.29, 0.717) is 17.2 Å². The van der Waals surface area contributed by atoms with Crippen molar-refractivity contribution in [2.45, 2.75) is 6.92 Å². The Kier molecular flexibility index (Phi) is 7.21. The molecule has 0 unspecified atom stereocenters. The van der Waals surface area contributed by atoms with Crippen molar-refractivity contribution in [1.29, 1.82) is 0 Å². The van der Waals surface area contributed by atoms with E-state index in [4.69, 9.17) is 14.9 Å². The number of carboxylic acid groups (broad SMARTS) is 1. The summed E-state index contributed by atoms with van der Waals surface area (Å²) in [4.78, 5) is 11.1. The molecule has 0 aliphatic carbocycles. The van der Waals surface area contributed by atoms with Gasteiger partial charge in [-0.1, -0.05) is 54.6 Å². The van der Waals surface area contributed by atoms with Crippen LogP contribution in [0.25, 0.3) is 0 Å². The molecule has 0 fully saturated rings. The number of para-hydroxylation sites is 3. The summed E-state index contributed by atoms with van der Waals surface area (Å²) in [6.45, 7) is 1.93. The van der Waals surface area contributed by atoms with Crippen LogP contribution in [0.5, 0.6) is 11.5 Å². The number of aliphatic hydroxyl groups excluding tert-OH is 1. The van der Waals surface area contributed by atoms with Crippen LogP contribution < -0.4 is 10.1 Å². The van der Waals surface area contributed by atoms with Crippen molar-refractivity contribution >= 4 is 17.3 Å². The van der Waals surface area contributed by atoms with Gasteiger partial charge in [0.2, 0.25) is 0 Å². The SMILES string of the molecule is CCO.O=C(O)c1cccc2c1Oc1ccccc1N2.c1ccccc1. The molecule has 3 aromatic rings. The second-order valence-electron chi connectivity index (χ2n) is 5.18. The fourth-order valence-electron chi connectivity index (χ4n) is 2.21. The third-order valence-electron chi connectivity index (χ3n) is 3.28. The number of benzene rings is 3. The first-order valence-electron chi connectivity index (χ1n) is 8.18. The molecule has 0 amide bonds. The topological polar surface area (TPSA) is 78.8 Å². The molecular formula is C21H21NO4. The van der Waals surface area contributed by atoms with E-state index >= 15 is 0 Å². The first-order chi connectivity index (χ1) is 12.7. The Labute approximate surface area is 152 Å². The molecule has 1 aliphatic rings. The maximum Gasteiger partial charge on any atom is 0.339 e. The van der Waals surface area contributed by atoms with Gasteiger partial charge in [0.25, 0.3) is 0 Å². The van der Waals surface area contributed by atoms with Gasteiger partial charge in [0, 0.05) is 6.61 Å². The van der Waals surface area contributed by atoms with Gasteiger partial charge in [0.1, 0.15) is 5.56 Å². The van der Waals surface area contributed by atoms with E-state index < -0.39 is 5.97 Å². The van der Waals surface area contributed by atoms with Gasteiger partial charge >= 0.3 is 5.97 Å². The number of carbonyl (C=O) groups is 1. The Bertz CT molecular complexity index is 808. The van der Waals surface area contributed by atoms with Crippen molar-refractivity contribution in [3.63, 3.8) is 0 Å². The van der Waals surface area contributed by atoms with Crippen LogP contribution >= 0.6 is 0 Å². The summed E-state index contributed by atoms with van der Waals surface area (Å²) in [6.07, 6.45) is 0. The van der Waals surface area contributed by atoms with Gasteiger partial charge in [0.15, 0.2) is 11.5 Å². The highest BCUT2D eigenvalue weighted by molar-refractivity contribution is 5.95. The number of hydrogen-bond acceptors (Lipinski definition) is 4. The number of carboxylic acids is 1. The minimum atomic E-state index is -0.997. The summed E-state index contributed by atoms with van der Waals surface area (Å²) in [5, 5.41) is 19.8. The zero-order valence-electron chi connectivity index (χ0n) is 14.4. The predicted octanol–water partition coefficient (Wildman–Crippen LogP) is 4.92. The smallest absolute Gasteiger partial charge is 0.339 e. The maximum absolute atomic E-state index is 11.1. The van der Waals surface area contributed by atoms with Gasteiger partial charge in [-0.05, 0) is 31.2 Å². The molecule has 26 heavy (non-hydrogen) atoms. The van der Waals surface area contributed by atoms with Gasteiger partial charge < -0.3 is 20.3 Å². The van der Waals surface area contributed by atoms with Gasteiger partial charge in [-0.2, -0.15) is 0 Å². The fourth-order valence-corrected chi connectivity index (χ4v) is 2.21. The Hall–Kier alpha value is -3.31. The molecule has 1 aliphatic heterocycles. The van der Waals surface area contributed by atoms with Crippen LogP contribution in [0, 0.1) is 0 Å². The summed E-state index contributed by atoms with van der Waals surface area (Å²) >= 11 is 0. The molecule has 0 radical (unpaired) electrons. The van der Waals surface area contributed by atoms with Crippen molar-refractivity contribution in [2.24, 2.45) is 0 Å². The Morgan fingerprint density at radius 3 is 2.00 bits per heavy atom. The first-order valence-corrected chi connectivity index (χ1v) is 8.18. The van der Waals surface area contributed by atoms with Gasteiger partial charge in [0.05, 0.1) is 11.4 Å². The second-order valence-corrected chi connectivity index (χ2v) is 5.18. The molecule has 1 heterocycles. The molecule has 0 spiro atoms. The molecule has 0 saturated carbocycles. The number of rotatable bonds is 1. The highest BCUT2D eigenvalue weighted by Crippen LogP contribution is 2.43. The molecule has 3 N–H and O–H groups in total. The lowest BCUT2D eigenvalue weighted by molar-refractivity contribution is 0.0694. The van der Waals surface area contributed by atoms with E-state index in [-0.39, 0.29) is 12.2 Å². The Morgan fingerprint density at radius 1 is 0.885 bits per heavy atom. The second kappa shape index (κ2) is 9.86. The molecule has 0 saturated heterocycles. The van der Waals surface area contributed by atoms with E-state index in [1.54, 1.807) is 25.1 Å². The Morgan fingerprint density at radius 2 is 1.42 bits per heavy atom. The lowest BCUT2D eigenvalue weighted by atomic mass is 10.1. The monoisotopic (exact) mass is 351 g/mol. The normalized spacial score (nSPS) is 10.2. The van der Waals surface area contributed by atoms with Crippen molar-refractivity contribution < 1.29 is 19.7 Å². The minimum absolute atomic E-state index is 0.157. The lowest BCUT2D eigenvalue weighted by Crippen LogP contribution is -2.07. The molecule has 5 nitrogen and oxygen atoms in total. The van der Waals surface area contributed by atoms with E-state index in [1.807, 2.05) is 54.6 Å². The average Bonchev–Trinajstić information content (AvgIpc) is 2.68. The van der Waals surface area contributed by atoms with Gasteiger partial charge in [-0.3, -0.25) is 0 Å².